The van der Waals surface area contributed by atoms with Crippen molar-refractivity contribution in [3.05, 3.63) is 35.8 Å². The predicted molar refractivity (Wildman–Crippen MR) is 126 cm³/mol. The molecule has 4 heterocycles. The summed E-state index contributed by atoms with van der Waals surface area (Å²) in [5.74, 6) is 1.14. The largest absolute Gasteiger partial charge is 0.367 e. The van der Waals surface area contributed by atoms with Crippen LogP contribution < -0.4 is 25.8 Å². The maximum atomic E-state index is 14.9. The Hall–Kier alpha value is -2.94. The first-order chi connectivity index (χ1) is 16.1. The van der Waals surface area contributed by atoms with E-state index in [0.29, 0.717) is 36.3 Å². The van der Waals surface area contributed by atoms with Crippen LogP contribution in [0.15, 0.2) is 24.4 Å². The maximum absolute atomic E-state index is 14.9. The van der Waals surface area contributed by atoms with Gasteiger partial charge in [0.15, 0.2) is 0 Å². The Bertz CT molecular complexity index is 1070. The highest BCUT2D eigenvalue weighted by molar-refractivity contribution is 5.94. The van der Waals surface area contributed by atoms with Gasteiger partial charge in [-0.25, -0.2) is 9.37 Å². The monoisotopic (exact) mass is 451 g/mol. The molecule has 2 saturated heterocycles. The van der Waals surface area contributed by atoms with E-state index in [0.717, 1.165) is 56.8 Å². The first kappa shape index (κ1) is 20.7. The molecule has 1 aromatic heterocycles. The molecule has 8 nitrogen and oxygen atoms in total. The molecule has 1 aliphatic carbocycles. The van der Waals surface area contributed by atoms with E-state index in [-0.39, 0.29) is 11.7 Å². The molecule has 3 aliphatic heterocycles. The van der Waals surface area contributed by atoms with E-state index >= 15 is 0 Å². The van der Waals surface area contributed by atoms with Gasteiger partial charge in [0.1, 0.15) is 17.2 Å². The predicted octanol–water partition coefficient (Wildman–Crippen LogP) is 2.33. The van der Waals surface area contributed by atoms with Crippen LogP contribution in [0.4, 0.5) is 27.5 Å². The SMILES string of the molecule is O=C1NCC[C@@]12Cc1cnc(Nc3ccc(N4CCNCC4)c(F)c3)nc1N2C1CCCC1. The van der Waals surface area contributed by atoms with Crippen LogP contribution >= 0.6 is 0 Å². The van der Waals surface area contributed by atoms with Gasteiger partial charge in [-0.2, -0.15) is 4.98 Å². The number of carbonyl (C=O) groups is 1. The van der Waals surface area contributed by atoms with Gasteiger partial charge in [-0.3, -0.25) is 4.79 Å². The van der Waals surface area contributed by atoms with Crippen molar-refractivity contribution in [3.8, 4) is 0 Å². The number of nitrogens with one attached hydrogen (secondary N) is 3. The van der Waals surface area contributed by atoms with E-state index in [1.807, 2.05) is 18.3 Å². The Balaban J connectivity index is 1.28. The molecule has 1 spiro atoms. The van der Waals surface area contributed by atoms with Crippen LogP contribution in [0.1, 0.15) is 37.7 Å². The van der Waals surface area contributed by atoms with Gasteiger partial charge in [0.25, 0.3) is 0 Å². The van der Waals surface area contributed by atoms with Crippen LogP contribution in [-0.4, -0.2) is 60.2 Å². The molecule has 0 radical (unpaired) electrons. The summed E-state index contributed by atoms with van der Waals surface area (Å²) in [6, 6.07) is 5.53. The standard InChI is InChI=1S/C24H30FN7O/c25-19-13-17(5-6-20(19)31-11-9-26-10-12-31)29-23-28-15-16-14-24(7-8-27-22(24)33)32(21(16)30-23)18-3-1-2-4-18/h5-6,13,15,18,26H,1-4,7-12,14H2,(H,27,33)(H,28,29,30)/t24-/m1/s1. The first-order valence-electron chi connectivity index (χ1n) is 12.1. The van der Waals surface area contributed by atoms with Crippen LogP contribution in [0.3, 0.4) is 0 Å². The Kier molecular flexibility index (Phi) is 5.09. The Morgan fingerprint density at radius 3 is 2.70 bits per heavy atom. The fourth-order valence-corrected chi connectivity index (χ4v) is 6.01. The number of piperazine rings is 1. The highest BCUT2D eigenvalue weighted by Crippen LogP contribution is 2.46. The molecule has 33 heavy (non-hydrogen) atoms. The summed E-state index contributed by atoms with van der Waals surface area (Å²) in [4.78, 5) is 26.7. The minimum absolute atomic E-state index is 0.104. The second-order valence-corrected chi connectivity index (χ2v) is 9.59. The lowest BCUT2D eigenvalue weighted by molar-refractivity contribution is -0.123. The zero-order chi connectivity index (χ0) is 22.4. The number of hydrogen-bond donors (Lipinski definition) is 3. The molecule has 1 atom stereocenters. The third-order valence-corrected chi connectivity index (χ3v) is 7.61. The topological polar surface area (TPSA) is 85.4 Å². The van der Waals surface area contributed by atoms with Crippen LogP contribution in [0.2, 0.25) is 0 Å². The molecule has 0 bridgehead atoms. The lowest BCUT2D eigenvalue weighted by Gasteiger charge is -2.38. The molecule has 1 amide bonds. The van der Waals surface area contributed by atoms with Crippen molar-refractivity contribution in [1.82, 2.24) is 20.6 Å². The van der Waals surface area contributed by atoms with Crippen molar-refractivity contribution < 1.29 is 9.18 Å². The van der Waals surface area contributed by atoms with Crippen molar-refractivity contribution in [2.75, 3.05) is 47.8 Å². The van der Waals surface area contributed by atoms with Crippen molar-refractivity contribution in [2.24, 2.45) is 0 Å². The number of amides is 1. The zero-order valence-corrected chi connectivity index (χ0v) is 18.7. The summed E-state index contributed by atoms with van der Waals surface area (Å²) in [5, 5.41) is 9.52. The fourth-order valence-electron chi connectivity index (χ4n) is 6.01. The highest BCUT2D eigenvalue weighted by atomic mass is 19.1. The van der Waals surface area contributed by atoms with Crippen LogP contribution in [0.25, 0.3) is 0 Å². The number of fused-ring (bicyclic) bond motifs is 1. The van der Waals surface area contributed by atoms with Gasteiger partial charge in [-0.05, 0) is 37.5 Å². The van der Waals surface area contributed by atoms with Crippen molar-refractivity contribution in [2.45, 2.75) is 50.1 Å². The summed E-state index contributed by atoms with van der Waals surface area (Å²) in [6.07, 6.45) is 7.81. The molecule has 4 aliphatic rings. The van der Waals surface area contributed by atoms with E-state index in [2.05, 4.69) is 30.7 Å². The lowest BCUT2D eigenvalue weighted by Crippen LogP contribution is -2.56. The second-order valence-electron chi connectivity index (χ2n) is 9.59. The van der Waals surface area contributed by atoms with Crippen molar-refractivity contribution in [3.63, 3.8) is 0 Å². The summed E-state index contributed by atoms with van der Waals surface area (Å²) in [7, 11) is 0. The minimum Gasteiger partial charge on any atom is -0.367 e. The molecule has 3 N–H and O–H groups in total. The second kappa shape index (κ2) is 8.13. The minimum atomic E-state index is -0.540. The van der Waals surface area contributed by atoms with Gasteiger partial charge >= 0.3 is 0 Å². The third kappa shape index (κ3) is 3.49. The first-order valence-corrected chi connectivity index (χ1v) is 12.1. The molecule has 0 unspecified atom stereocenters. The van der Waals surface area contributed by atoms with Gasteiger partial charge in [-0.15, -0.1) is 0 Å². The van der Waals surface area contributed by atoms with Gasteiger partial charge in [0, 0.05) is 62.6 Å². The molecule has 3 fully saturated rings. The smallest absolute Gasteiger partial charge is 0.246 e. The molecule has 1 aromatic carbocycles. The number of aromatic nitrogens is 2. The third-order valence-electron chi connectivity index (χ3n) is 7.61. The zero-order valence-electron chi connectivity index (χ0n) is 18.7. The normalized spacial score (nSPS) is 25.1. The highest BCUT2D eigenvalue weighted by Gasteiger charge is 2.55. The van der Waals surface area contributed by atoms with Gasteiger partial charge in [-0.1, -0.05) is 12.8 Å². The van der Waals surface area contributed by atoms with Gasteiger partial charge in [0.05, 0.1) is 5.69 Å². The molecular weight excluding hydrogens is 421 g/mol. The van der Waals surface area contributed by atoms with E-state index in [1.165, 1.54) is 18.9 Å². The molecule has 174 valence electrons. The molecule has 2 aromatic rings. The average molecular weight is 452 g/mol. The fraction of sp³-hybridized carbons (Fsp3) is 0.542. The number of carbonyl (C=O) groups excluding carboxylic acids is 1. The number of rotatable bonds is 4. The summed E-state index contributed by atoms with van der Waals surface area (Å²) in [6.45, 7) is 4.01. The van der Waals surface area contributed by atoms with Crippen LogP contribution in [0, 0.1) is 5.82 Å². The number of anilines is 4. The summed E-state index contributed by atoms with van der Waals surface area (Å²) in [5.41, 5.74) is 1.72. The van der Waals surface area contributed by atoms with E-state index in [9.17, 15) is 9.18 Å². The molecule has 9 heteroatoms. The Labute approximate surface area is 193 Å². The molecule has 1 saturated carbocycles. The Morgan fingerprint density at radius 2 is 1.97 bits per heavy atom. The number of halogens is 1. The molecule has 6 rings (SSSR count). The number of hydrogen-bond acceptors (Lipinski definition) is 7. The summed E-state index contributed by atoms with van der Waals surface area (Å²) < 4.78 is 14.9. The lowest BCUT2D eigenvalue weighted by atomic mass is 9.91. The Morgan fingerprint density at radius 1 is 1.15 bits per heavy atom. The van der Waals surface area contributed by atoms with Crippen LogP contribution in [0.5, 0.6) is 0 Å². The van der Waals surface area contributed by atoms with E-state index in [1.54, 1.807) is 0 Å². The van der Waals surface area contributed by atoms with Crippen molar-refractivity contribution in [1.29, 1.82) is 0 Å². The van der Waals surface area contributed by atoms with Gasteiger partial charge in [0.2, 0.25) is 11.9 Å². The van der Waals surface area contributed by atoms with E-state index < -0.39 is 5.54 Å². The average Bonchev–Trinajstić information content (AvgIpc) is 3.54. The number of benzene rings is 1. The maximum Gasteiger partial charge on any atom is 0.246 e. The quantitative estimate of drug-likeness (QED) is 0.658. The number of nitrogens with zero attached hydrogens (tertiary/aromatic N) is 4. The van der Waals surface area contributed by atoms with Crippen molar-refractivity contribution >= 4 is 29.0 Å². The summed E-state index contributed by atoms with van der Waals surface area (Å²) >= 11 is 0. The van der Waals surface area contributed by atoms with Crippen LogP contribution in [-0.2, 0) is 11.2 Å². The van der Waals surface area contributed by atoms with Gasteiger partial charge < -0.3 is 25.8 Å². The molecular formula is C24H30FN7O. The van der Waals surface area contributed by atoms with E-state index in [4.69, 9.17) is 4.98 Å².